The van der Waals surface area contributed by atoms with Crippen molar-refractivity contribution in [1.29, 1.82) is 0 Å². The topological polar surface area (TPSA) is 29.5 Å². The predicted octanol–water partition coefficient (Wildman–Crippen LogP) is 3.37. The second-order valence-corrected chi connectivity index (χ2v) is 5.68. The standard InChI is InChI=1S/C15H20ClNO2/c1-11-4-3-9-17(10-11)15(18)12(2)19-14-7-5-13(16)6-8-14/h5-8,11-12H,3-4,9-10H2,1-2H3/t11-,12-/m1/s1. The quantitative estimate of drug-likeness (QED) is 0.850. The average Bonchev–Trinajstić information content (AvgIpc) is 2.40. The van der Waals surface area contributed by atoms with Gasteiger partial charge in [0.15, 0.2) is 6.10 Å². The lowest BCUT2D eigenvalue weighted by molar-refractivity contribution is -0.139. The molecule has 3 nitrogen and oxygen atoms in total. The summed E-state index contributed by atoms with van der Waals surface area (Å²) in [5.74, 6) is 1.33. The Bertz CT molecular complexity index is 432. The van der Waals surface area contributed by atoms with Crippen LogP contribution in [0.2, 0.25) is 5.02 Å². The van der Waals surface area contributed by atoms with Gasteiger partial charge in [0, 0.05) is 18.1 Å². The molecule has 0 aliphatic carbocycles. The van der Waals surface area contributed by atoms with Crippen LogP contribution >= 0.6 is 11.6 Å². The Kier molecular flexibility index (Phi) is 4.70. The third-order valence-corrected chi connectivity index (χ3v) is 3.69. The van der Waals surface area contributed by atoms with E-state index in [4.69, 9.17) is 16.3 Å². The van der Waals surface area contributed by atoms with Crippen LogP contribution < -0.4 is 4.74 Å². The highest BCUT2D eigenvalue weighted by molar-refractivity contribution is 6.30. The second kappa shape index (κ2) is 6.29. The SMILES string of the molecule is C[C@@H]1CCCN(C(=O)[C@@H](C)Oc2ccc(Cl)cc2)C1. The van der Waals surface area contributed by atoms with Gasteiger partial charge in [-0.2, -0.15) is 0 Å². The number of hydrogen-bond acceptors (Lipinski definition) is 2. The molecule has 0 aromatic heterocycles. The molecule has 1 saturated heterocycles. The van der Waals surface area contributed by atoms with E-state index in [1.54, 1.807) is 31.2 Å². The maximum Gasteiger partial charge on any atom is 0.263 e. The first kappa shape index (κ1) is 14.2. The maximum absolute atomic E-state index is 12.3. The number of hydrogen-bond donors (Lipinski definition) is 0. The van der Waals surface area contributed by atoms with E-state index in [9.17, 15) is 4.79 Å². The van der Waals surface area contributed by atoms with Crippen molar-refractivity contribution in [2.45, 2.75) is 32.8 Å². The van der Waals surface area contributed by atoms with Crippen LogP contribution in [0.15, 0.2) is 24.3 Å². The summed E-state index contributed by atoms with van der Waals surface area (Å²) >= 11 is 5.82. The lowest BCUT2D eigenvalue weighted by Gasteiger charge is -2.32. The summed E-state index contributed by atoms with van der Waals surface area (Å²) in [6, 6.07) is 7.09. The van der Waals surface area contributed by atoms with E-state index in [-0.39, 0.29) is 5.91 Å². The molecule has 0 bridgehead atoms. The second-order valence-electron chi connectivity index (χ2n) is 5.25. The van der Waals surface area contributed by atoms with Crippen molar-refractivity contribution < 1.29 is 9.53 Å². The number of carbonyl (C=O) groups excluding carboxylic acids is 1. The summed E-state index contributed by atoms with van der Waals surface area (Å²) in [6.07, 6.45) is 1.84. The van der Waals surface area contributed by atoms with Gasteiger partial charge in [0.05, 0.1) is 0 Å². The molecule has 1 heterocycles. The van der Waals surface area contributed by atoms with Crippen LogP contribution in [0.1, 0.15) is 26.7 Å². The summed E-state index contributed by atoms with van der Waals surface area (Å²) < 4.78 is 5.67. The Hall–Kier alpha value is -1.22. The first-order valence-corrected chi connectivity index (χ1v) is 7.15. The molecule has 104 valence electrons. The zero-order chi connectivity index (χ0) is 13.8. The average molecular weight is 282 g/mol. The molecule has 0 radical (unpaired) electrons. The highest BCUT2D eigenvalue weighted by Crippen LogP contribution is 2.19. The Morgan fingerprint density at radius 2 is 2.11 bits per heavy atom. The molecule has 1 fully saturated rings. The normalized spacial score (nSPS) is 21.0. The number of likely N-dealkylation sites (tertiary alicyclic amines) is 1. The molecular weight excluding hydrogens is 262 g/mol. The Morgan fingerprint density at radius 3 is 2.74 bits per heavy atom. The van der Waals surface area contributed by atoms with E-state index in [1.807, 2.05) is 4.90 Å². The zero-order valence-electron chi connectivity index (χ0n) is 11.4. The molecule has 0 saturated carbocycles. The Labute approximate surface area is 119 Å². The molecule has 0 unspecified atom stereocenters. The van der Waals surface area contributed by atoms with Crippen molar-refractivity contribution in [2.24, 2.45) is 5.92 Å². The third kappa shape index (κ3) is 3.87. The number of benzene rings is 1. The minimum Gasteiger partial charge on any atom is -0.481 e. The number of nitrogens with zero attached hydrogens (tertiary/aromatic N) is 1. The number of ether oxygens (including phenoxy) is 1. The summed E-state index contributed by atoms with van der Waals surface area (Å²) in [4.78, 5) is 14.2. The molecule has 1 aromatic rings. The lowest BCUT2D eigenvalue weighted by Crippen LogP contribution is -2.45. The summed E-state index contributed by atoms with van der Waals surface area (Å²) in [6.45, 7) is 5.67. The van der Waals surface area contributed by atoms with E-state index in [2.05, 4.69) is 6.92 Å². The summed E-state index contributed by atoms with van der Waals surface area (Å²) in [5.41, 5.74) is 0. The van der Waals surface area contributed by atoms with Gasteiger partial charge in [0.1, 0.15) is 5.75 Å². The van der Waals surface area contributed by atoms with Crippen LogP contribution in [0.25, 0.3) is 0 Å². The molecule has 1 aromatic carbocycles. The molecule has 2 atom stereocenters. The van der Waals surface area contributed by atoms with Crippen LogP contribution in [-0.4, -0.2) is 30.0 Å². The molecule has 1 amide bonds. The predicted molar refractivity (Wildman–Crippen MR) is 76.5 cm³/mol. The first-order valence-electron chi connectivity index (χ1n) is 6.77. The highest BCUT2D eigenvalue weighted by Gasteiger charge is 2.25. The van der Waals surface area contributed by atoms with E-state index in [0.29, 0.717) is 16.7 Å². The van der Waals surface area contributed by atoms with Crippen LogP contribution in [0.4, 0.5) is 0 Å². The largest absolute Gasteiger partial charge is 0.481 e. The Morgan fingerprint density at radius 1 is 1.42 bits per heavy atom. The van der Waals surface area contributed by atoms with Gasteiger partial charge < -0.3 is 9.64 Å². The number of carbonyl (C=O) groups is 1. The van der Waals surface area contributed by atoms with Crippen molar-refractivity contribution in [2.75, 3.05) is 13.1 Å². The molecule has 4 heteroatoms. The van der Waals surface area contributed by atoms with Crippen LogP contribution in [0.5, 0.6) is 5.75 Å². The van der Waals surface area contributed by atoms with Crippen molar-refractivity contribution in [3.05, 3.63) is 29.3 Å². The van der Waals surface area contributed by atoms with Crippen molar-refractivity contribution in [3.63, 3.8) is 0 Å². The van der Waals surface area contributed by atoms with E-state index in [1.165, 1.54) is 6.42 Å². The number of halogens is 1. The zero-order valence-corrected chi connectivity index (χ0v) is 12.2. The van der Waals surface area contributed by atoms with Crippen molar-refractivity contribution in [1.82, 2.24) is 4.90 Å². The molecular formula is C15H20ClNO2. The fourth-order valence-electron chi connectivity index (χ4n) is 2.41. The van der Waals surface area contributed by atoms with Crippen molar-refractivity contribution >= 4 is 17.5 Å². The number of piperidine rings is 1. The molecule has 1 aliphatic heterocycles. The lowest BCUT2D eigenvalue weighted by atomic mass is 10.00. The smallest absolute Gasteiger partial charge is 0.263 e. The summed E-state index contributed by atoms with van der Waals surface area (Å²) in [5, 5.41) is 0.663. The van der Waals surface area contributed by atoms with Gasteiger partial charge in [-0.3, -0.25) is 4.79 Å². The first-order chi connectivity index (χ1) is 9.06. The van der Waals surface area contributed by atoms with E-state index >= 15 is 0 Å². The molecule has 2 rings (SSSR count). The Balaban J connectivity index is 1.93. The molecule has 0 spiro atoms. The fraction of sp³-hybridized carbons (Fsp3) is 0.533. The minimum atomic E-state index is -0.452. The van der Waals surface area contributed by atoms with Gasteiger partial charge >= 0.3 is 0 Å². The van der Waals surface area contributed by atoms with Crippen LogP contribution in [-0.2, 0) is 4.79 Å². The highest BCUT2D eigenvalue weighted by atomic mass is 35.5. The monoisotopic (exact) mass is 281 g/mol. The van der Waals surface area contributed by atoms with Gasteiger partial charge in [-0.15, -0.1) is 0 Å². The maximum atomic E-state index is 12.3. The molecule has 0 N–H and O–H groups in total. The van der Waals surface area contributed by atoms with Gasteiger partial charge in [-0.05, 0) is 49.9 Å². The van der Waals surface area contributed by atoms with Gasteiger partial charge in [0.2, 0.25) is 0 Å². The minimum absolute atomic E-state index is 0.0708. The van der Waals surface area contributed by atoms with Gasteiger partial charge in [0.25, 0.3) is 5.91 Å². The van der Waals surface area contributed by atoms with Crippen molar-refractivity contribution in [3.8, 4) is 5.75 Å². The third-order valence-electron chi connectivity index (χ3n) is 3.44. The summed E-state index contributed by atoms with van der Waals surface area (Å²) in [7, 11) is 0. The van der Waals surface area contributed by atoms with Crippen LogP contribution in [0.3, 0.4) is 0 Å². The van der Waals surface area contributed by atoms with Crippen LogP contribution in [0, 0.1) is 5.92 Å². The van der Waals surface area contributed by atoms with Gasteiger partial charge in [-0.1, -0.05) is 18.5 Å². The number of amides is 1. The molecule has 19 heavy (non-hydrogen) atoms. The fourth-order valence-corrected chi connectivity index (χ4v) is 2.54. The molecule has 1 aliphatic rings. The number of rotatable bonds is 3. The van der Waals surface area contributed by atoms with E-state index in [0.717, 1.165) is 19.5 Å². The van der Waals surface area contributed by atoms with E-state index < -0.39 is 6.10 Å². The van der Waals surface area contributed by atoms with Gasteiger partial charge in [-0.25, -0.2) is 0 Å².